The Morgan fingerprint density at radius 3 is 1.88 bits per heavy atom. The van der Waals surface area contributed by atoms with Crippen molar-refractivity contribution in [2.45, 2.75) is 71.6 Å². The van der Waals surface area contributed by atoms with E-state index in [1.165, 1.54) is 57.8 Å². The summed E-state index contributed by atoms with van der Waals surface area (Å²) < 4.78 is 0. The summed E-state index contributed by atoms with van der Waals surface area (Å²) in [5.41, 5.74) is 0. The molecule has 0 heterocycles. The van der Waals surface area contributed by atoms with Gasteiger partial charge in [0.05, 0.1) is 0 Å². The van der Waals surface area contributed by atoms with Crippen LogP contribution in [0.1, 0.15) is 71.6 Å². The molecule has 0 heteroatoms. The van der Waals surface area contributed by atoms with E-state index in [0.717, 1.165) is 23.7 Å². The maximum atomic E-state index is 2.43. The van der Waals surface area contributed by atoms with Crippen LogP contribution in [0.25, 0.3) is 0 Å². The average Bonchev–Trinajstić information content (AvgIpc) is 2.38. The van der Waals surface area contributed by atoms with E-state index in [4.69, 9.17) is 0 Å². The summed E-state index contributed by atoms with van der Waals surface area (Å²) in [6.07, 6.45) is 18.1. The molecule has 0 nitrogen and oxygen atoms in total. The zero-order valence-electron chi connectivity index (χ0n) is 11.8. The second kappa shape index (κ2) is 6.61. The zero-order valence-corrected chi connectivity index (χ0v) is 11.8. The van der Waals surface area contributed by atoms with Crippen molar-refractivity contribution in [3.8, 4) is 0 Å². The Bertz CT molecular complexity index is 224. The number of allylic oxidation sites excluding steroid dienone is 2. The van der Waals surface area contributed by atoms with Crippen molar-refractivity contribution in [3.63, 3.8) is 0 Å². The second-order valence-corrected chi connectivity index (χ2v) is 6.61. The van der Waals surface area contributed by atoms with E-state index in [-0.39, 0.29) is 0 Å². The van der Waals surface area contributed by atoms with E-state index in [1.807, 2.05) is 0 Å². The van der Waals surface area contributed by atoms with Crippen LogP contribution in [0.15, 0.2) is 12.2 Å². The minimum absolute atomic E-state index is 1.00. The molecule has 2 saturated carbocycles. The minimum Gasteiger partial charge on any atom is -0.0917 e. The molecule has 0 aromatic rings. The topological polar surface area (TPSA) is 0 Å². The third-order valence-corrected chi connectivity index (χ3v) is 5.32. The molecule has 2 rings (SSSR count). The van der Waals surface area contributed by atoms with Crippen molar-refractivity contribution in [1.29, 1.82) is 0 Å². The second-order valence-electron chi connectivity index (χ2n) is 6.61. The molecule has 0 N–H and O–H groups in total. The highest BCUT2D eigenvalue weighted by Crippen LogP contribution is 2.41. The molecule has 0 aliphatic heterocycles. The average molecular weight is 234 g/mol. The Balaban J connectivity index is 1.71. The first-order valence-corrected chi connectivity index (χ1v) is 7.90. The molecular formula is C17H30. The van der Waals surface area contributed by atoms with E-state index >= 15 is 0 Å². The minimum atomic E-state index is 1.00. The quantitative estimate of drug-likeness (QED) is 0.559. The van der Waals surface area contributed by atoms with Crippen molar-refractivity contribution in [3.05, 3.63) is 12.2 Å². The lowest BCUT2D eigenvalue weighted by molar-refractivity contribution is 0.151. The molecule has 0 aromatic heterocycles. The van der Waals surface area contributed by atoms with E-state index < -0.39 is 0 Å². The summed E-state index contributed by atoms with van der Waals surface area (Å²) in [5.74, 6) is 4.19. The molecular weight excluding hydrogens is 204 g/mol. The van der Waals surface area contributed by atoms with Gasteiger partial charge in [0.25, 0.3) is 0 Å². The van der Waals surface area contributed by atoms with Crippen molar-refractivity contribution in [2.24, 2.45) is 23.7 Å². The van der Waals surface area contributed by atoms with Gasteiger partial charge in [-0.05, 0) is 75.5 Å². The van der Waals surface area contributed by atoms with Crippen LogP contribution in [0.2, 0.25) is 0 Å². The normalized spacial score (nSPS) is 39.6. The molecule has 0 bridgehead atoms. The maximum absolute atomic E-state index is 2.43. The summed E-state index contributed by atoms with van der Waals surface area (Å²) in [6, 6.07) is 0. The third kappa shape index (κ3) is 3.86. The van der Waals surface area contributed by atoms with Gasteiger partial charge in [0.15, 0.2) is 0 Å². The van der Waals surface area contributed by atoms with Crippen LogP contribution in [0, 0.1) is 23.7 Å². The van der Waals surface area contributed by atoms with Gasteiger partial charge in [0.2, 0.25) is 0 Å². The summed E-state index contributed by atoms with van der Waals surface area (Å²) in [4.78, 5) is 0. The van der Waals surface area contributed by atoms with Crippen LogP contribution in [-0.4, -0.2) is 0 Å². The van der Waals surface area contributed by atoms with Gasteiger partial charge in [0.1, 0.15) is 0 Å². The van der Waals surface area contributed by atoms with Crippen molar-refractivity contribution in [2.75, 3.05) is 0 Å². The molecule has 2 aliphatic carbocycles. The molecule has 0 saturated heterocycles. The van der Waals surface area contributed by atoms with Crippen molar-refractivity contribution >= 4 is 0 Å². The lowest BCUT2D eigenvalue weighted by Gasteiger charge is -2.37. The van der Waals surface area contributed by atoms with Crippen LogP contribution in [0.4, 0.5) is 0 Å². The molecule has 2 fully saturated rings. The summed E-state index contributed by atoms with van der Waals surface area (Å²) in [7, 11) is 0. The van der Waals surface area contributed by atoms with E-state index in [9.17, 15) is 0 Å². The van der Waals surface area contributed by atoms with Gasteiger partial charge >= 0.3 is 0 Å². The fraction of sp³-hybridized carbons (Fsp3) is 0.882. The third-order valence-electron chi connectivity index (χ3n) is 5.32. The van der Waals surface area contributed by atoms with Gasteiger partial charge in [-0.2, -0.15) is 0 Å². The largest absolute Gasteiger partial charge is 0.0917 e. The predicted octanol–water partition coefficient (Wildman–Crippen LogP) is 5.59. The first kappa shape index (κ1) is 13.2. The van der Waals surface area contributed by atoms with Crippen molar-refractivity contribution < 1.29 is 0 Å². The lowest BCUT2D eigenvalue weighted by atomic mass is 9.69. The van der Waals surface area contributed by atoms with Gasteiger partial charge in [0, 0.05) is 0 Å². The monoisotopic (exact) mass is 234 g/mol. The van der Waals surface area contributed by atoms with Crippen molar-refractivity contribution in [1.82, 2.24) is 0 Å². The molecule has 0 radical (unpaired) electrons. The summed E-state index contributed by atoms with van der Waals surface area (Å²) in [5, 5.41) is 0. The fourth-order valence-electron chi connectivity index (χ4n) is 3.98. The first-order chi connectivity index (χ1) is 8.29. The fourth-order valence-corrected chi connectivity index (χ4v) is 3.98. The maximum Gasteiger partial charge on any atom is -0.0322 e. The van der Waals surface area contributed by atoms with Crippen LogP contribution in [0.3, 0.4) is 0 Å². The molecule has 98 valence electrons. The van der Waals surface area contributed by atoms with E-state index in [0.29, 0.717) is 0 Å². The van der Waals surface area contributed by atoms with Crippen LogP contribution < -0.4 is 0 Å². The summed E-state index contributed by atoms with van der Waals surface area (Å²) in [6.45, 7) is 4.58. The molecule has 0 aromatic carbocycles. The van der Waals surface area contributed by atoms with Gasteiger partial charge in [-0.3, -0.25) is 0 Å². The lowest BCUT2D eigenvalue weighted by Crippen LogP contribution is -2.25. The molecule has 0 amide bonds. The molecule has 0 atom stereocenters. The number of hydrogen-bond donors (Lipinski definition) is 0. The highest BCUT2D eigenvalue weighted by atomic mass is 14.3. The predicted molar refractivity (Wildman–Crippen MR) is 76.0 cm³/mol. The molecule has 0 unspecified atom stereocenters. The highest BCUT2D eigenvalue weighted by Gasteiger charge is 2.29. The SMILES string of the molecule is C/C=C\CC1CCC(C2CCC(C)CC2)CC1. The molecule has 17 heavy (non-hydrogen) atoms. The number of rotatable bonds is 3. The van der Waals surface area contributed by atoms with Gasteiger partial charge in [-0.25, -0.2) is 0 Å². The molecule has 2 aliphatic rings. The van der Waals surface area contributed by atoms with Crippen LogP contribution in [-0.2, 0) is 0 Å². The van der Waals surface area contributed by atoms with Crippen LogP contribution in [0.5, 0.6) is 0 Å². The van der Waals surface area contributed by atoms with Gasteiger partial charge in [-0.15, -0.1) is 0 Å². The Kier molecular flexibility index (Phi) is 5.13. The Morgan fingerprint density at radius 1 is 0.824 bits per heavy atom. The van der Waals surface area contributed by atoms with E-state index in [1.54, 1.807) is 0 Å². The Morgan fingerprint density at radius 2 is 1.35 bits per heavy atom. The number of hydrogen-bond acceptors (Lipinski definition) is 0. The standard InChI is InChI=1S/C17H30/c1-3-4-5-15-8-12-17(13-9-15)16-10-6-14(2)7-11-16/h3-4,14-17H,5-13H2,1-2H3/b4-3-. The first-order valence-electron chi connectivity index (χ1n) is 7.90. The zero-order chi connectivity index (χ0) is 12.1. The van der Waals surface area contributed by atoms with Gasteiger partial charge in [-0.1, -0.05) is 31.9 Å². The Hall–Kier alpha value is -0.260. The Labute approximate surface area is 108 Å². The smallest absolute Gasteiger partial charge is 0.0322 e. The summed E-state index contributed by atoms with van der Waals surface area (Å²) >= 11 is 0. The van der Waals surface area contributed by atoms with Gasteiger partial charge < -0.3 is 0 Å². The van der Waals surface area contributed by atoms with E-state index in [2.05, 4.69) is 26.0 Å². The highest BCUT2D eigenvalue weighted by molar-refractivity contribution is 4.85. The molecule has 0 spiro atoms. The van der Waals surface area contributed by atoms with Crippen LogP contribution >= 0.6 is 0 Å².